The van der Waals surface area contributed by atoms with Crippen molar-refractivity contribution in [3.63, 3.8) is 0 Å². The first-order chi connectivity index (χ1) is 9.66. The Hall–Kier alpha value is -1.46. The Labute approximate surface area is 118 Å². The minimum atomic E-state index is -0.386. The zero-order valence-electron chi connectivity index (χ0n) is 11.7. The van der Waals surface area contributed by atoms with Gasteiger partial charge in [-0.05, 0) is 18.6 Å². The highest BCUT2D eigenvalue weighted by molar-refractivity contribution is 5.94. The van der Waals surface area contributed by atoms with Crippen molar-refractivity contribution >= 4 is 5.91 Å². The number of amides is 1. The summed E-state index contributed by atoms with van der Waals surface area (Å²) in [5.74, 6) is -0.569. The number of benzene rings is 1. The molecule has 2 aliphatic heterocycles. The summed E-state index contributed by atoms with van der Waals surface area (Å²) >= 11 is 0. The SMILES string of the molecule is Cc1cccc(C(=O)N2CCN(C3CNC3)CC2)c1F. The molecular weight excluding hydrogens is 257 g/mol. The van der Waals surface area contributed by atoms with E-state index in [1.165, 1.54) is 0 Å². The second-order valence-electron chi connectivity index (χ2n) is 5.58. The lowest BCUT2D eigenvalue weighted by atomic mass is 10.1. The molecule has 5 heteroatoms. The molecule has 2 fully saturated rings. The zero-order valence-corrected chi connectivity index (χ0v) is 11.7. The fourth-order valence-electron chi connectivity index (χ4n) is 2.80. The maximum absolute atomic E-state index is 14.0. The summed E-state index contributed by atoms with van der Waals surface area (Å²) in [6.45, 7) is 6.90. The number of aryl methyl sites for hydroxylation is 1. The summed E-state index contributed by atoms with van der Waals surface area (Å²) in [7, 11) is 0. The first kappa shape index (κ1) is 13.5. The van der Waals surface area contributed by atoms with E-state index in [-0.39, 0.29) is 17.3 Å². The zero-order chi connectivity index (χ0) is 14.1. The fourth-order valence-corrected chi connectivity index (χ4v) is 2.80. The van der Waals surface area contributed by atoms with Crippen LogP contribution in [0.3, 0.4) is 0 Å². The standard InChI is InChI=1S/C15H20FN3O/c1-11-3-2-4-13(14(11)16)15(20)19-7-5-18(6-8-19)12-9-17-10-12/h2-4,12,17H,5-10H2,1H3. The number of nitrogens with one attached hydrogen (secondary N) is 1. The van der Waals surface area contributed by atoms with Crippen LogP contribution in [0.1, 0.15) is 15.9 Å². The molecule has 0 unspecified atom stereocenters. The Kier molecular flexibility index (Phi) is 3.72. The van der Waals surface area contributed by atoms with Gasteiger partial charge >= 0.3 is 0 Å². The molecule has 0 atom stereocenters. The van der Waals surface area contributed by atoms with Crippen molar-refractivity contribution in [1.82, 2.24) is 15.1 Å². The molecule has 0 aromatic heterocycles. The Bertz CT molecular complexity index is 508. The lowest BCUT2D eigenvalue weighted by Gasteiger charge is -2.43. The number of halogens is 1. The lowest BCUT2D eigenvalue weighted by Crippen LogP contribution is -2.62. The third-order valence-corrected chi connectivity index (χ3v) is 4.30. The summed E-state index contributed by atoms with van der Waals surface area (Å²) < 4.78 is 14.0. The average molecular weight is 277 g/mol. The quantitative estimate of drug-likeness (QED) is 0.871. The number of hydrogen-bond donors (Lipinski definition) is 1. The highest BCUT2D eigenvalue weighted by atomic mass is 19.1. The van der Waals surface area contributed by atoms with Gasteiger partial charge in [-0.2, -0.15) is 0 Å². The van der Waals surface area contributed by atoms with Gasteiger partial charge in [-0.1, -0.05) is 12.1 Å². The predicted molar refractivity (Wildman–Crippen MR) is 75.3 cm³/mol. The molecule has 0 bridgehead atoms. The average Bonchev–Trinajstić information content (AvgIpc) is 2.40. The molecule has 0 saturated carbocycles. The maximum atomic E-state index is 14.0. The summed E-state index contributed by atoms with van der Waals surface area (Å²) in [6.07, 6.45) is 0. The number of carbonyl (C=O) groups excluding carboxylic acids is 1. The summed E-state index contributed by atoms with van der Waals surface area (Å²) in [5, 5.41) is 3.26. The van der Waals surface area contributed by atoms with Crippen LogP contribution in [0.4, 0.5) is 4.39 Å². The highest BCUT2D eigenvalue weighted by Crippen LogP contribution is 2.16. The Morgan fingerprint density at radius 1 is 1.25 bits per heavy atom. The van der Waals surface area contributed by atoms with Crippen LogP contribution in [0, 0.1) is 12.7 Å². The van der Waals surface area contributed by atoms with Gasteiger partial charge in [0.25, 0.3) is 5.91 Å². The van der Waals surface area contributed by atoms with Gasteiger partial charge in [0.1, 0.15) is 5.82 Å². The normalized spacial score (nSPS) is 20.8. The van der Waals surface area contributed by atoms with Crippen LogP contribution >= 0.6 is 0 Å². The van der Waals surface area contributed by atoms with Crippen LogP contribution in [0.15, 0.2) is 18.2 Å². The van der Waals surface area contributed by atoms with E-state index in [0.717, 1.165) is 26.2 Å². The van der Waals surface area contributed by atoms with Crippen molar-refractivity contribution < 1.29 is 9.18 Å². The third-order valence-electron chi connectivity index (χ3n) is 4.30. The largest absolute Gasteiger partial charge is 0.336 e. The molecule has 0 spiro atoms. The third kappa shape index (κ3) is 2.43. The number of rotatable bonds is 2. The minimum absolute atomic E-state index is 0.183. The maximum Gasteiger partial charge on any atom is 0.256 e. The van der Waals surface area contributed by atoms with Crippen LogP contribution < -0.4 is 5.32 Å². The number of piperazine rings is 1. The summed E-state index contributed by atoms with van der Waals surface area (Å²) in [6, 6.07) is 5.62. The molecule has 0 radical (unpaired) electrons. The van der Waals surface area contributed by atoms with Gasteiger partial charge in [-0.15, -0.1) is 0 Å². The molecule has 1 N–H and O–H groups in total. The van der Waals surface area contributed by atoms with Crippen LogP contribution in [0.2, 0.25) is 0 Å². The van der Waals surface area contributed by atoms with Crippen molar-refractivity contribution in [3.8, 4) is 0 Å². The van der Waals surface area contributed by atoms with Gasteiger partial charge in [0, 0.05) is 45.3 Å². The molecule has 3 rings (SSSR count). The van der Waals surface area contributed by atoms with Crippen molar-refractivity contribution in [3.05, 3.63) is 35.1 Å². The minimum Gasteiger partial charge on any atom is -0.336 e. The fraction of sp³-hybridized carbons (Fsp3) is 0.533. The van der Waals surface area contributed by atoms with Crippen LogP contribution in [0.25, 0.3) is 0 Å². The Balaban J connectivity index is 1.65. The topological polar surface area (TPSA) is 35.6 Å². The molecular formula is C15H20FN3O. The number of nitrogens with zero attached hydrogens (tertiary/aromatic N) is 2. The predicted octanol–water partition coefficient (Wildman–Crippen LogP) is 0.864. The lowest BCUT2D eigenvalue weighted by molar-refractivity contribution is 0.0498. The van der Waals surface area contributed by atoms with E-state index in [0.29, 0.717) is 24.7 Å². The van der Waals surface area contributed by atoms with Gasteiger partial charge in [-0.3, -0.25) is 9.69 Å². The number of carbonyl (C=O) groups is 1. The van der Waals surface area contributed by atoms with Gasteiger partial charge in [0.15, 0.2) is 0 Å². The van der Waals surface area contributed by atoms with Crippen molar-refractivity contribution in [2.75, 3.05) is 39.3 Å². The van der Waals surface area contributed by atoms with Gasteiger partial charge in [0.05, 0.1) is 5.56 Å². The van der Waals surface area contributed by atoms with Crippen molar-refractivity contribution in [2.45, 2.75) is 13.0 Å². The van der Waals surface area contributed by atoms with E-state index in [4.69, 9.17) is 0 Å². The molecule has 1 aromatic rings. The monoisotopic (exact) mass is 277 g/mol. The Morgan fingerprint density at radius 3 is 2.55 bits per heavy atom. The first-order valence-electron chi connectivity index (χ1n) is 7.16. The molecule has 2 saturated heterocycles. The molecule has 20 heavy (non-hydrogen) atoms. The van der Waals surface area contributed by atoms with Crippen LogP contribution in [-0.4, -0.2) is 61.0 Å². The van der Waals surface area contributed by atoms with E-state index < -0.39 is 0 Å². The van der Waals surface area contributed by atoms with E-state index >= 15 is 0 Å². The van der Waals surface area contributed by atoms with E-state index in [1.807, 2.05) is 0 Å². The molecule has 108 valence electrons. The highest BCUT2D eigenvalue weighted by Gasteiger charge is 2.30. The van der Waals surface area contributed by atoms with E-state index in [2.05, 4.69) is 10.2 Å². The molecule has 4 nitrogen and oxygen atoms in total. The van der Waals surface area contributed by atoms with Crippen molar-refractivity contribution in [2.24, 2.45) is 0 Å². The second-order valence-corrected chi connectivity index (χ2v) is 5.58. The first-order valence-corrected chi connectivity index (χ1v) is 7.16. The molecule has 1 amide bonds. The summed E-state index contributed by atoms with van der Waals surface area (Å²) in [4.78, 5) is 16.6. The smallest absolute Gasteiger partial charge is 0.256 e. The second kappa shape index (κ2) is 5.50. The van der Waals surface area contributed by atoms with E-state index in [1.54, 1.807) is 30.0 Å². The van der Waals surface area contributed by atoms with Crippen molar-refractivity contribution in [1.29, 1.82) is 0 Å². The molecule has 1 aromatic carbocycles. The van der Waals surface area contributed by atoms with Crippen LogP contribution in [0.5, 0.6) is 0 Å². The Morgan fingerprint density at radius 2 is 1.95 bits per heavy atom. The van der Waals surface area contributed by atoms with Gasteiger partial charge in [0.2, 0.25) is 0 Å². The van der Waals surface area contributed by atoms with Gasteiger partial charge in [-0.25, -0.2) is 4.39 Å². The summed E-state index contributed by atoms with van der Waals surface area (Å²) in [5.41, 5.74) is 0.721. The molecule has 0 aliphatic carbocycles. The van der Waals surface area contributed by atoms with Crippen LogP contribution in [-0.2, 0) is 0 Å². The molecule has 2 heterocycles. The number of hydrogen-bond acceptors (Lipinski definition) is 3. The molecule has 2 aliphatic rings. The van der Waals surface area contributed by atoms with E-state index in [9.17, 15) is 9.18 Å². The van der Waals surface area contributed by atoms with Gasteiger partial charge < -0.3 is 10.2 Å².